The summed E-state index contributed by atoms with van der Waals surface area (Å²) >= 11 is 5.23. The topological polar surface area (TPSA) is 38.0 Å². The van der Waals surface area contributed by atoms with Crippen molar-refractivity contribution in [1.29, 1.82) is 0 Å². The van der Waals surface area contributed by atoms with Crippen LogP contribution in [0, 0.1) is 5.92 Å². The Labute approximate surface area is 97.0 Å². The van der Waals surface area contributed by atoms with E-state index in [9.17, 15) is 0 Å². The number of nitrogens with one attached hydrogen (secondary N) is 1. The summed E-state index contributed by atoms with van der Waals surface area (Å²) in [5.41, 5.74) is 2.90. The van der Waals surface area contributed by atoms with Crippen LogP contribution in [0.5, 0.6) is 0 Å². The van der Waals surface area contributed by atoms with E-state index in [2.05, 4.69) is 32.8 Å². The minimum atomic E-state index is 0.340. The zero-order valence-electron chi connectivity index (χ0n) is 8.00. The van der Waals surface area contributed by atoms with Crippen molar-refractivity contribution >= 4 is 27.3 Å². The lowest BCUT2D eigenvalue weighted by Gasteiger charge is -2.13. The minimum Gasteiger partial charge on any atom is -0.271 e. The van der Waals surface area contributed by atoms with E-state index in [0.717, 1.165) is 16.8 Å². The van der Waals surface area contributed by atoms with E-state index in [1.54, 1.807) is 11.3 Å². The van der Waals surface area contributed by atoms with Gasteiger partial charge in [-0.1, -0.05) is 12.8 Å². The minimum absolute atomic E-state index is 0.340. The van der Waals surface area contributed by atoms with Gasteiger partial charge in [0.25, 0.3) is 0 Å². The number of nitrogens with two attached hydrogens (primary N) is 1. The summed E-state index contributed by atoms with van der Waals surface area (Å²) in [4.78, 5) is 1.33. The molecule has 1 aromatic heterocycles. The Bertz CT molecular complexity index is 296. The molecule has 1 unspecified atom stereocenters. The van der Waals surface area contributed by atoms with Crippen molar-refractivity contribution in [2.75, 3.05) is 0 Å². The van der Waals surface area contributed by atoms with Crippen LogP contribution >= 0.6 is 27.3 Å². The summed E-state index contributed by atoms with van der Waals surface area (Å²) in [7, 11) is 0. The Morgan fingerprint density at radius 2 is 2.43 bits per heavy atom. The average molecular weight is 275 g/mol. The van der Waals surface area contributed by atoms with Gasteiger partial charge >= 0.3 is 0 Å². The van der Waals surface area contributed by atoms with Crippen LogP contribution in [0.3, 0.4) is 0 Å². The molecule has 1 aromatic rings. The second kappa shape index (κ2) is 4.75. The molecule has 1 atom stereocenters. The number of hydrazine groups is 1. The molecule has 1 aliphatic carbocycles. The van der Waals surface area contributed by atoms with E-state index in [4.69, 9.17) is 5.84 Å². The summed E-state index contributed by atoms with van der Waals surface area (Å²) in [6.45, 7) is 0. The molecule has 0 aliphatic heterocycles. The van der Waals surface area contributed by atoms with Crippen LogP contribution in [0.1, 0.15) is 36.6 Å². The third-order valence-corrected chi connectivity index (χ3v) is 4.50. The van der Waals surface area contributed by atoms with Gasteiger partial charge in [-0.05, 0) is 40.8 Å². The van der Waals surface area contributed by atoms with Gasteiger partial charge in [0.15, 0.2) is 0 Å². The van der Waals surface area contributed by atoms with Crippen molar-refractivity contribution in [3.05, 3.63) is 20.8 Å². The highest BCUT2D eigenvalue weighted by Gasteiger charge is 2.23. The number of halogens is 1. The van der Waals surface area contributed by atoms with E-state index in [0.29, 0.717) is 6.04 Å². The maximum absolute atomic E-state index is 5.56. The van der Waals surface area contributed by atoms with Crippen LogP contribution in [0.25, 0.3) is 0 Å². The standard InChI is InChI=1S/C10H15BrN2S/c11-8-5-10(14-6-8)9(13-12)4-3-7-1-2-7/h5-7,9,13H,1-4,12H2. The third kappa shape index (κ3) is 2.79. The molecule has 0 bridgehead atoms. The number of hydrogen-bond donors (Lipinski definition) is 2. The lowest BCUT2D eigenvalue weighted by molar-refractivity contribution is 0.488. The quantitative estimate of drug-likeness (QED) is 0.639. The van der Waals surface area contributed by atoms with Crippen molar-refractivity contribution < 1.29 is 0 Å². The van der Waals surface area contributed by atoms with Gasteiger partial charge in [-0.25, -0.2) is 0 Å². The van der Waals surface area contributed by atoms with Crippen LogP contribution in [0.4, 0.5) is 0 Å². The second-order valence-electron chi connectivity index (χ2n) is 3.91. The van der Waals surface area contributed by atoms with Crippen LogP contribution < -0.4 is 11.3 Å². The first-order valence-electron chi connectivity index (χ1n) is 4.99. The maximum atomic E-state index is 5.56. The monoisotopic (exact) mass is 274 g/mol. The summed E-state index contributed by atoms with van der Waals surface area (Å²) in [6, 6.07) is 2.49. The Morgan fingerprint density at radius 1 is 1.64 bits per heavy atom. The highest BCUT2D eigenvalue weighted by Crippen LogP contribution is 2.36. The Hall–Kier alpha value is 0.1000. The van der Waals surface area contributed by atoms with E-state index >= 15 is 0 Å². The van der Waals surface area contributed by atoms with Gasteiger partial charge in [0, 0.05) is 14.7 Å². The molecule has 1 aliphatic rings. The number of hydrogen-bond acceptors (Lipinski definition) is 3. The molecule has 1 saturated carbocycles. The molecule has 0 saturated heterocycles. The Morgan fingerprint density at radius 3 is 2.93 bits per heavy atom. The van der Waals surface area contributed by atoms with Gasteiger partial charge in [0.05, 0.1) is 6.04 Å². The van der Waals surface area contributed by atoms with Crippen molar-refractivity contribution in [3.8, 4) is 0 Å². The Balaban J connectivity index is 1.90. The molecule has 0 amide bonds. The summed E-state index contributed by atoms with van der Waals surface area (Å²) < 4.78 is 1.16. The van der Waals surface area contributed by atoms with E-state index in [1.165, 1.54) is 24.1 Å². The fourth-order valence-corrected chi connectivity index (χ4v) is 3.17. The van der Waals surface area contributed by atoms with E-state index in [-0.39, 0.29) is 0 Å². The highest BCUT2D eigenvalue weighted by molar-refractivity contribution is 9.10. The van der Waals surface area contributed by atoms with Gasteiger partial charge in [0.2, 0.25) is 0 Å². The summed E-state index contributed by atoms with van der Waals surface area (Å²) in [6.07, 6.45) is 5.31. The first-order chi connectivity index (χ1) is 6.79. The molecular weight excluding hydrogens is 260 g/mol. The zero-order chi connectivity index (χ0) is 9.97. The van der Waals surface area contributed by atoms with Crippen molar-refractivity contribution in [2.24, 2.45) is 11.8 Å². The maximum Gasteiger partial charge on any atom is 0.0553 e. The molecule has 2 nitrogen and oxygen atoms in total. The average Bonchev–Trinajstić information content (AvgIpc) is 2.90. The molecular formula is C10H15BrN2S. The molecule has 0 aromatic carbocycles. The summed E-state index contributed by atoms with van der Waals surface area (Å²) in [5.74, 6) is 6.54. The number of thiophene rings is 1. The van der Waals surface area contributed by atoms with Gasteiger partial charge < -0.3 is 0 Å². The Kier molecular flexibility index (Phi) is 3.60. The predicted molar refractivity (Wildman–Crippen MR) is 64.0 cm³/mol. The largest absolute Gasteiger partial charge is 0.271 e. The van der Waals surface area contributed by atoms with Crippen molar-refractivity contribution in [2.45, 2.75) is 31.7 Å². The summed E-state index contributed by atoms with van der Waals surface area (Å²) in [5, 5.41) is 2.11. The van der Waals surface area contributed by atoms with Gasteiger partial charge in [0.1, 0.15) is 0 Å². The van der Waals surface area contributed by atoms with Gasteiger partial charge in [-0.3, -0.25) is 11.3 Å². The fraction of sp³-hybridized carbons (Fsp3) is 0.600. The molecule has 3 N–H and O–H groups in total. The lowest BCUT2D eigenvalue weighted by atomic mass is 10.1. The van der Waals surface area contributed by atoms with Crippen LogP contribution in [0.15, 0.2) is 15.9 Å². The molecule has 0 spiro atoms. The van der Waals surface area contributed by atoms with Crippen molar-refractivity contribution in [1.82, 2.24) is 5.43 Å². The van der Waals surface area contributed by atoms with Crippen LogP contribution in [0.2, 0.25) is 0 Å². The second-order valence-corrected chi connectivity index (χ2v) is 5.77. The first-order valence-corrected chi connectivity index (χ1v) is 6.67. The molecule has 4 heteroatoms. The lowest BCUT2D eigenvalue weighted by Crippen LogP contribution is -2.27. The molecule has 78 valence electrons. The molecule has 2 rings (SSSR count). The van der Waals surface area contributed by atoms with E-state index < -0.39 is 0 Å². The van der Waals surface area contributed by atoms with Crippen LogP contribution in [-0.4, -0.2) is 0 Å². The van der Waals surface area contributed by atoms with Crippen LogP contribution in [-0.2, 0) is 0 Å². The van der Waals surface area contributed by atoms with Gasteiger partial charge in [-0.2, -0.15) is 0 Å². The highest BCUT2D eigenvalue weighted by atomic mass is 79.9. The molecule has 1 heterocycles. The first kappa shape index (κ1) is 10.6. The SMILES string of the molecule is NNC(CCC1CC1)c1cc(Br)cs1. The normalized spacial score (nSPS) is 18.4. The zero-order valence-corrected chi connectivity index (χ0v) is 10.4. The molecule has 0 radical (unpaired) electrons. The van der Waals surface area contributed by atoms with Crippen molar-refractivity contribution in [3.63, 3.8) is 0 Å². The molecule has 1 fully saturated rings. The number of rotatable bonds is 5. The predicted octanol–water partition coefficient (Wildman–Crippen LogP) is 3.21. The third-order valence-electron chi connectivity index (χ3n) is 2.69. The van der Waals surface area contributed by atoms with E-state index in [1.807, 2.05) is 0 Å². The fourth-order valence-electron chi connectivity index (χ4n) is 1.63. The van der Waals surface area contributed by atoms with Gasteiger partial charge in [-0.15, -0.1) is 11.3 Å². The molecule has 14 heavy (non-hydrogen) atoms. The smallest absolute Gasteiger partial charge is 0.0553 e.